The van der Waals surface area contributed by atoms with E-state index in [9.17, 15) is 25.9 Å². The Morgan fingerprint density at radius 3 is 1.28 bits per heavy atom. The van der Waals surface area contributed by atoms with Crippen molar-refractivity contribution in [2.24, 2.45) is 0 Å². The van der Waals surface area contributed by atoms with Gasteiger partial charge in [0.25, 0.3) is 0 Å². The number of rotatable bonds is 9. The van der Waals surface area contributed by atoms with Crippen molar-refractivity contribution in [1.82, 2.24) is 0 Å². The van der Waals surface area contributed by atoms with Gasteiger partial charge >= 0.3 is 17.1 Å². The van der Waals surface area contributed by atoms with Crippen molar-refractivity contribution in [1.29, 1.82) is 0 Å². The largest absolute Gasteiger partial charge is 2.00 e. The smallest absolute Gasteiger partial charge is 0.748 e. The zero-order chi connectivity index (χ0) is 12.7. The Morgan fingerprint density at radius 1 is 0.778 bits per heavy atom. The maximum Gasteiger partial charge on any atom is 2.00 e. The molecule has 0 unspecified atom stereocenters. The van der Waals surface area contributed by atoms with Crippen molar-refractivity contribution in [2.75, 3.05) is 23.0 Å². The van der Waals surface area contributed by atoms with Crippen LogP contribution in [-0.2, 0) is 37.3 Å². The Kier molecular flexibility index (Phi) is 15.8. The molecule has 0 saturated carbocycles. The molecule has 0 aromatic heterocycles. The van der Waals surface area contributed by atoms with Gasteiger partial charge in [-0.3, -0.25) is 0 Å². The average Bonchev–Trinajstić information content (AvgIpc) is 2.06. The van der Waals surface area contributed by atoms with Gasteiger partial charge in [-0.2, -0.15) is 0 Å². The van der Waals surface area contributed by atoms with Crippen LogP contribution in [0.4, 0.5) is 0 Å². The van der Waals surface area contributed by atoms with Crippen LogP contribution >= 0.6 is 21.6 Å². The summed E-state index contributed by atoms with van der Waals surface area (Å²) in [6, 6.07) is 0. The molecule has 0 aliphatic heterocycles. The number of hydrogen-bond donors (Lipinski definition) is 0. The Hall–Kier alpha value is 0.999. The van der Waals surface area contributed by atoms with Crippen LogP contribution in [0.2, 0.25) is 0 Å². The zero-order valence-corrected chi connectivity index (χ0v) is 13.3. The first-order valence-corrected chi connectivity index (χ1v) is 9.96. The van der Waals surface area contributed by atoms with Gasteiger partial charge < -0.3 is 14.6 Å². The summed E-state index contributed by atoms with van der Waals surface area (Å²) in [6.07, 6.45) is 0.562. The van der Waals surface area contributed by atoms with Crippen LogP contribution in [0.25, 0.3) is 0 Å². The third kappa shape index (κ3) is 22.2. The van der Waals surface area contributed by atoms with Gasteiger partial charge in [0.1, 0.15) is 0 Å². The second-order valence-electron chi connectivity index (χ2n) is 2.87. The topological polar surface area (TPSA) is 146 Å². The van der Waals surface area contributed by atoms with Gasteiger partial charge in [0.15, 0.2) is 0 Å². The van der Waals surface area contributed by atoms with Crippen LogP contribution in [0, 0.1) is 0 Å². The van der Waals surface area contributed by atoms with E-state index in [1.807, 2.05) is 0 Å². The minimum Gasteiger partial charge on any atom is -0.748 e. The van der Waals surface area contributed by atoms with Crippen LogP contribution < -0.4 is 0 Å². The monoisotopic (exact) mass is 389 g/mol. The molecule has 1 radical (unpaired) electrons. The van der Waals surface area contributed by atoms with E-state index >= 15 is 0 Å². The molecule has 0 aromatic rings. The molecule has 0 aliphatic rings. The predicted molar refractivity (Wildman–Crippen MR) is 66.9 cm³/mol. The molecule has 0 fully saturated rings. The third-order valence-electron chi connectivity index (χ3n) is 1.33. The van der Waals surface area contributed by atoms with Crippen molar-refractivity contribution in [3.8, 4) is 0 Å². The van der Waals surface area contributed by atoms with Crippen molar-refractivity contribution >= 4 is 41.8 Å². The maximum absolute atomic E-state index is 10.2. The molecule has 7 nitrogen and oxygen atoms in total. The predicted octanol–water partition coefficient (Wildman–Crippen LogP) is -0.589. The van der Waals surface area contributed by atoms with Crippen molar-refractivity contribution < 1.29 is 48.5 Å². The van der Waals surface area contributed by atoms with Crippen molar-refractivity contribution in [2.45, 2.75) is 12.8 Å². The summed E-state index contributed by atoms with van der Waals surface area (Å²) in [6.45, 7) is 0. The third-order valence-corrected chi connectivity index (χ3v) is 5.48. The summed E-state index contributed by atoms with van der Waals surface area (Å²) >= 11 is 0. The van der Waals surface area contributed by atoms with Crippen LogP contribution in [0.15, 0.2) is 0 Å². The molecule has 2 N–H and O–H groups in total. The minimum atomic E-state index is -4.13. The summed E-state index contributed by atoms with van der Waals surface area (Å²) in [5.74, 6) is 0.261. The number of hydrogen-bond acceptors (Lipinski definition) is 8. The molecule has 0 aromatic carbocycles. The standard InChI is InChI=1S/C6H14O6S4.Cu.H2O/c7-15(8,9)5-1-3-13-14-4-2-6-16(10,11)12;;/h1-6H2,(H,7,8,9)(H,10,11,12);;1H2/q;+2;/p-2. The quantitative estimate of drug-likeness (QED) is 0.220. The van der Waals surface area contributed by atoms with Gasteiger partial charge in [-0.25, -0.2) is 16.8 Å². The summed E-state index contributed by atoms with van der Waals surface area (Å²) in [5, 5.41) is 0. The van der Waals surface area contributed by atoms with E-state index in [1.165, 1.54) is 21.6 Å². The SMILES string of the molecule is O.O=S(=O)([O-])CCCSSCCCS(=O)(=O)[O-].[Cu+2]. The summed E-state index contributed by atoms with van der Waals surface area (Å²) in [7, 11) is -5.55. The van der Waals surface area contributed by atoms with Crippen LogP contribution in [0.3, 0.4) is 0 Å². The van der Waals surface area contributed by atoms with Gasteiger partial charge in [-0.05, 0) is 12.8 Å². The summed E-state index contributed by atoms with van der Waals surface area (Å²) in [5.41, 5.74) is 0. The fraction of sp³-hybridized carbons (Fsp3) is 1.00. The van der Waals surface area contributed by atoms with E-state index < -0.39 is 20.2 Å². The molecule has 0 rings (SSSR count). The molecule has 0 spiro atoms. The molecule has 0 heterocycles. The molecule has 18 heavy (non-hydrogen) atoms. The zero-order valence-electron chi connectivity index (χ0n) is 9.13. The first-order valence-electron chi connectivity index (χ1n) is 4.32. The van der Waals surface area contributed by atoms with Gasteiger partial charge in [0.2, 0.25) is 0 Å². The molecular weight excluding hydrogens is 376 g/mol. The Labute approximate surface area is 126 Å². The van der Waals surface area contributed by atoms with Crippen LogP contribution in [-0.4, -0.2) is 54.4 Å². The molecule has 0 aliphatic carbocycles. The van der Waals surface area contributed by atoms with E-state index in [1.54, 1.807) is 0 Å². The summed E-state index contributed by atoms with van der Waals surface area (Å²) in [4.78, 5) is 0. The van der Waals surface area contributed by atoms with Crippen molar-refractivity contribution in [3.05, 3.63) is 0 Å². The van der Waals surface area contributed by atoms with Crippen LogP contribution in [0.5, 0.6) is 0 Å². The van der Waals surface area contributed by atoms with Gasteiger partial charge in [-0.1, -0.05) is 21.6 Å². The van der Waals surface area contributed by atoms with Crippen molar-refractivity contribution in [3.63, 3.8) is 0 Å². The molecule has 115 valence electrons. The fourth-order valence-electron chi connectivity index (χ4n) is 0.707. The maximum atomic E-state index is 10.2. The van der Waals surface area contributed by atoms with E-state index in [4.69, 9.17) is 0 Å². The first-order chi connectivity index (χ1) is 7.21. The fourth-order valence-corrected chi connectivity index (χ4v) is 4.24. The molecule has 12 heteroatoms. The van der Waals surface area contributed by atoms with E-state index in [2.05, 4.69) is 0 Å². The molecular formula is C6H14CuO7S4. The summed E-state index contributed by atoms with van der Waals surface area (Å²) < 4.78 is 61.2. The van der Waals surface area contributed by atoms with Gasteiger partial charge in [0, 0.05) is 23.0 Å². The second kappa shape index (κ2) is 11.8. The first kappa shape index (κ1) is 24.0. The van der Waals surface area contributed by atoms with E-state index in [-0.39, 0.29) is 46.9 Å². The van der Waals surface area contributed by atoms with Crippen LogP contribution in [0.1, 0.15) is 12.8 Å². The average molecular weight is 390 g/mol. The van der Waals surface area contributed by atoms with E-state index in [0.717, 1.165) is 0 Å². The Bertz CT molecular complexity index is 341. The van der Waals surface area contributed by atoms with Gasteiger partial charge in [-0.15, -0.1) is 0 Å². The Morgan fingerprint density at radius 2 is 1.06 bits per heavy atom. The van der Waals surface area contributed by atoms with Gasteiger partial charge in [0.05, 0.1) is 20.2 Å². The molecule has 0 bridgehead atoms. The molecule has 0 atom stereocenters. The normalized spacial score (nSPS) is 11.4. The van der Waals surface area contributed by atoms with E-state index in [0.29, 0.717) is 11.5 Å². The minimum absolute atomic E-state index is 0. The second-order valence-corrected chi connectivity index (χ2v) is 8.62. The molecule has 0 saturated heterocycles. The Balaban J connectivity index is -0.00000112. The molecule has 0 amide bonds.